The topological polar surface area (TPSA) is 71.1 Å². The summed E-state index contributed by atoms with van der Waals surface area (Å²) in [6, 6.07) is 14.3. The van der Waals surface area contributed by atoms with Crippen molar-refractivity contribution in [3.05, 3.63) is 82.0 Å². The van der Waals surface area contributed by atoms with Gasteiger partial charge in [-0.2, -0.15) is 0 Å². The molecule has 0 saturated heterocycles. The molecule has 0 fully saturated rings. The quantitative estimate of drug-likeness (QED) is 0.471. The number of hydrogen-bond donors (Lipinski definition) is 2. The molecule has 2 N–H and O–H groups in total. The maximum absolute atomic E-state index is 12.0. The summed E-state index contributed by atoms with van der Waals surface area (Å²) in [5, 5.41) is 7.14. The van der Waals surface area contributed by atoms with Crippen molar-refractivity contribution >= 4 is 52.0 Å². The predicted octanol–water partition coefficient (Wildman–Crippen LogP) is 4.10. The minimum Gasteiger partial charge on any atom is -0.351 e. The van der Waals surface area contributed by atoms with Crippen LogP contribution >= 0.6 is 23.2 Å². The van der Waals surface area contributed by atoms with Crippen LogP contribution in [0, 0.1) is 0 Å². The van der Waals surface area contributed by atoms with Crippen molar-refractivity contribution in [2.45, 2.75) is 0 Å². The molecule has 0 bridgehead atoms. The van der Waals surface area contributed by atoms with Crippen LogP contribution in [-0.2, 0) is 4.79 Å². The molecule has 0 unspecified atom stereocenters. The molecule has 142 valence electrons. The third-order valence-electron chi connectivity index (χ3n) is 3.97. The molecule has 0 aliphatic heterocycles. The third kappa shape index (κ3) is 5.09. The van der Waals surface area contributed by atoms with Crippen LogP contribution < -0.4 is 10.6 Å². The van der Waals surface area contributed by atoms with E-state index in [1.54, 1.807) is 24.4 Å². The first-order valence-corrected chi connectivity index (χ1v) is 9.33. The number of fused-ring (bicyclic) bond motifs is 1. The van der Waals surface area contributed by atoms with Gasteiger partial charge in [-0.25, -0.2) is 0 Å². The first-order chi connectivity index (χ1) is 13.5. The Bertz CT molecular complexity index is 1050. The second kappa shape index (κ2) is 9.35. The van der Waals surface area contributed by atoms with Gasteiger partial charge in [-0.15, -0.1) is 0 Å². The monoisotopic (exact) mass is 413 g/mol. The Morgan fingerprint density at radius 1 is 0.964 bits per heavy atom. The zero-order chi connectivity index (χ0) is 19.9. The zero-order valence-electron chi connectivity index (χ0n) is 14.8. The van der Waals surface area contributed by atoms with Gasteiger partial charge in [-0.1, -0.05) is 47.5 Å². The first kappa shape index (κ1) is 19.9. The summed E-state index contributed by atoms with van der Waals surface area (Å²) < 4.78 is 0. The number of nitrogens with zero attached hydrogens (tertiary/aromatic N) is 1. The second-order valence-corrected chi connectivity index (χ2v) is 6.75. The Hall–Kier alpha value is -2.89. The maximum Gasteiger partial charge on any atom is 0.251 e. The number of para-hydroxylation sites is 1. The molecule has 0 aliphatic rings. The molecule has 1 heterocycles. The average Bonchev–Trinajstić information content (AvgIpc) is 2.71. The van der Waals surface area contributed by atoms with Crippen molar-refractivity contribution < 1.29 is 9.59 Å². The van der Waals surface area contributed by atoms with Crippen molar-refractivity contribution in [1.29, 1.82) is 0 Å². The van der Waals surface area contributed by atoms with Crippen molar-refractivity contribution in [2.75, 3.05) is 13.1 Å². The number of hydrogen-bond acceptors (Lipinski definition) is 3. The molecule has 0 saturated carbocycles. The molecular formula is C21H17Cl2N3O2. The normalized spacial score (nSPS) is 10.9. The third-order valence-corrected chi connectivity index (χ3v) is 4.71. The van der Waals surface area contributed by atoms with Crippen LogP contribution in [0.25, 0.3) is 17.0 Å². The Kier molecular flexibility index (Phi) is 6.63. The van der Waals surface area contributed by atoms with E-state index in [-0.39, 0.29) is 18.4 Å². The number of carbonyl (C=O) groups excluding carboxylic acids is 2. The lowest BCUT2D eigenvalue weighted by molar-refractivity contribution is -0.116. The summed E-state index contributed by atoms with van der Waals surface area (Å²) in [7, 11) is 0. The molecule has 3 aromatic rings. The summed E-state index contributed by atoms with van der Waals surface area (Å²) in [6.07, 6.45) is 4.89. The average molecular weight is 414 g/mol. The van der Waals surface area contributed by atoms with Crippen molar-refractivity contribution in [2.24, 2.45) is 0 Å². The largest absolute Gasteiger partial charge is 0.351 e. The number of pyridine rings is 1. The fourth-order valence-corrected chi connectivity index (χ4v) is 2.89. The summed E-state index contributed by atoms with van der Waals surface area (Å²) in [6.45, 7) is 0.582. The predicted molar refractivity (Wildman–Crippen MR) is 113 cm³/mol. The molecule has 0 atom stereocenters. The van der Waals surface area contributed by atoms with Crippen LogP contribution in [0.4, 0.5) is 0 Å². The van der Waals surface area contributed by atoms with Crippen LogP contribution in [0.2, 0.25) is 10.0 Å². The fraction of sp³-hybridized carbons (Fsp3) is 0.0952. The lowest BCUT2D eigenvalue weighted by Crippen LogP contribution is -2.34. The lowest BCUT2D eigenvalue weighted by Gasteiger charge is -2.07. The van der Waals surface area contributed by atoms with E-state index in [0.717, 1.165) is 16.5 Å². The number of aromatic nitrogens is 1. The smallest absolute Gasteiger partial charge is 0.251 e. The second-order valence-electron chi connectivity index (χ2n) is 5.93. The Morgan fingerprint density at radius 2 is 1.75 bits per heavy atom. The van der Waals surface area contributed by atoms with Gasteiger partial charge in [0, 0.05) is 41.9 Å². The van der Waals surface area contributed by atoms with Crippen molar-refractivity contribution in [3.8, 4) is 0 Å². The lowest BCUT2D eigenvalue weighted by atomic mass is 10.1. The molecule has 0 spiro atoms. The highest BCUT2D eigenvalue weighted by atomic mass is 35.5. The van der Waals surface area contributed by atoms with Gasteiger partial charge in [0.15, 0.2) is 0 Å². The van der Waals surface area contributed by atoms with Crippen molar-refractivity contribution in [3.63, 3.8) is 0 Å². The maximum atomic E-state index is 12.0. The van der Waals surface area contributed by atoms with Crippen LogP contribution in [0.15, 0.2) is 60.8 Å². The van der Waals surface area contributed by atoms with Crippen LogP contribution in [0.3, 0.4) is 0 Å². The minimum absolute atomic E-state index is 0.253. The highest BCUT2D eigenvalue weighted by Gasteiger charge is 2.07. The Labute approximate surface area is 172 Å². The molecule has 3 rings (SSSR count). The van der Waals surface area contributed by atoms with Crippen LogP contribution in [-0.4, -0.2) is 29.9 Å². The number of nitrogens with one attached hydrogen (secondary N) is 2. The van der Waals surface area contributed by atoms with Gasteiger partial charge >= 0.3 is 0 Å². The summed E-state index contributed by atoms with van der Waals surface area (Å²) in [4.78, 5) is 28.4. The van der Waals surface area contributed by atoms with E-state index >= 15 is 0 Å². The van der Waals surface area contributed by atoms with Gasteiger partial charge in [0.2, 0.25) is 5.91 Å². The van der Waals surface area contributed by atoms with Gasteiger partial charge in [0.05, 0.1) is 15.6 Å². The van der Waals surface area contributed by atoms with Gasteiger partial charge in [0.1, 0.15) is 0 Å². The number of carbonyl (C=O) groups is 2. The van der Waals surface area contributed by atoms with E-state index in [9.17, 15) is 9.59 Å². The SMILES string of the molecule is O=C(/C=C/c1cccc2cccnc12)NCCNC(=O)c1ccc(Cl)c(Cl)c1. The number of rotatable bonds is 6. The summed E-state index contributed by atoms with van der Waals surface area (Å²) in [5.41, 5.74) is 2.10. The van der Waals surface area contributed by atoms with E-state index < -0.39 is 0 Å². The van der Waals surface area contributed by atoms with E-state index in [0.29, 0.717) is 22.2 Å². The van der Waals surface area contributed by atoms with Gasteiger partial charge in [-0.05, 0) is 30.3 Å². The van der Waals surface area contributed by atoms with E-state index in [2.05, 4.69) is 15.6 Å². The first-order valence-electron chi connectivity index (χ1n) is 8.57. The molecule has 0 aliphatic carbocycles. The van der Waals surface area contributed by atoms with E-state index in [1.807, 2.05) is 30.3 Å². The highest BCUT2D eigenvalue weighted by molar-refractivity contribution is 6.42. The Balaban J connectivity index is 1.48. The van der Waals surface area contributed by atoms with E-state index in [1.165, 1.54) is 12.1 Å². The summed E-state index contributed by atoms with van der Waals surface area (Å²) in [5.74, 6) is -0.540. The fourth-order valence-electron chi connectivity index (χ4n) is 2.59. The molecule has 2 aromatic carbocycles. The molecular weight excluding hydrogens is 397 g/mol. The number of halogens is 2. The van der Waals surface area contributed by atoms with Gasteiger partial charge < -0.3 is 10.6 Å². The molecule has 5 nitrogen and oxygen atoms in total. The molecule has 1 aromatic heterocycles. The van der Waals surface area contributed by atoms with E-state index in [4.69, 9.17) is 23.2 Å². The summed E-state index contributed by atoms with van der Waals surface area (Å²) >= 11 is 11.7. The van der Waals surface area contributed by atoms with Crippen LogP contribution in [0.5, 0.6) is 0 Å². The minimum atomic E-state index is -0.287. The van der Waals surface area contributed by atoms with Gasteiger partial charge in [-0.3, -0.25) is 14.6 Å². The van der Waals surface area contributed by atoms with Gasteiger partial charge in [0.25, 0.3) is 5.91 Å². The zero-order valence-corrected chi connectivity index (χ0v) is 16.3. The number of benzene rings is 2. The molecule has 28 heavy (non-hydrogen) atoms. The highest BCUT2D eigenvalue weighted by Crippen LogP contribution is 2.22. The standard InChI is InChI=1S/C21H17Cl2N3O2/c22-17-8-6-16(13-18(17)23)21(28)26-12-11-24-19(27)9-7-15-4-1-3-14-5-2-10-25-20(14)15/h1-10,13H,11-12H2,(H,24,27)(H,26,28)/b9-7+. The molecule has 0 radical (unpaired) electrons. The molecule has 7 heteroatoms. The molecule has 2 amide bonds. The Morgan fingerprint density at radius 3 is 2.57 bits per heavy atom. The van der Waals surface area contributed by atoms with Crippen molar-refractivity contribution in [1.82, 2.24) is 15.6 Å². The van der Waals surface area contributed by atoms with Crippen LogP contribution in [0.1, 0.15) is 15.9 Å². The number of amides is 2.